The highest BCUT2D eigenvalue weighted by Gasteiger charge is 2.56. The first-order chi connectivity index (χ1) is 11.9. The first-order valence-corrected chi connectivity index (χ1v) is 8.76. The van der Waals surface area contributed by atoms with Gasteiger partial charge in [0.05, 0.1) is 18.6 Å². The first-order valence-electron chi connectivity index (χ1n) is 7.36. The highest BCUT2D eigenvalue weighted by atomic mass is 31.2. The number of nitrogen functional groups attached to an aromatic ring is 1. The second-order valence-electron chi connectivity index (χ2n) is 5.63. The summed E-state index contributed by atoms with van der Waals surface area (Å²) in [5.74, 6) is 0.239. The van der Waals surface area contributed by atoms with Gasteiger partial charge in [-0.3, -0.25) is 0 Å². The molecular weight excluding hydrogens is 355 g/mol. The largest absolute Gasteiger partial charge is 0.393 e. The summed E-state index contributed by atoms with van der Waals surface area (Å²) in [7, 11) is -2.06. The predicted molar refractivity (Wildman–Crippen MR) is 86.1 cm³/mol. The van der Waals surface area contributed by atoms with Crippen molar-refractivity contribution in [1.82, 2.24) is 14.5 Å². The van der Waals surface area contributed by atoms with Gasteiger partial charge in [0.1, 0.15) is 36.3 Å². The number of nitrogens with two attached hydrogens (primary N) is 1. The zero-order valence-corrected chi connectivity index (χ0v) is 13.9. The molecule has 12 heteroatoms. The molecule has 3 rings (SSSR count). The van der Waals surface area contributed by atoms with E-state index in [4.69, 9.17) is 20.1 Å². The highest BCUT2D eigenvalue weighted by molar-refractivity contribution is 7.45. The molecule has 1 fully saturated rings. The third-order valence-corrected chi connectivity index (χ3v) is 4.84. The summed E-state index contributed by atoms with van der Waals surface area (Å²) in [6.07, 6.45) is -1.48. The number of anilines is 1. The number of aliphatic hydroxyl groups is 4. The molecule has 0 amide bonds. The number of ether oxygens (including phenoxy) is 1. The van der Waals surface area contributed by atoms with E-state index in [1.165, 1.54) is 10.9 Å². The molecule has 0 aromatic carbocycles. The van der Waals surface area contributed by atoms with Crippen LogP contribution in [0.5, 0.6) is 0 Å². The van der Waals surface area contributed by atoms with Crippen molar-refractivity contribution in [3.63, 3.8) is 0 Å². The Morgan fingerprint density at radius 1 is 1.40 bits per heavy atom. The van der Waals surface area contributed by atoms with Gasteiger partial charge in [-0.05, 0) is 6.07 Å². The van der Waals surface area contributed by atoms with Gasteiger partial charge >= 0.3 is 0 Å². The standard InChI is InChI=1S/C13H19N4O7P/c14-10-7-1-2-17(11(7)16-5-15-10)12-13(21,4-18)9(20)8(24-12)3-23-25(22)6-19/h1-2,5,8-9,12,18-22H,3-4,6H2,(H2,14,15,16)/t8-,9?,12-,13-,25?/m1/s1. The Labute approximate surface area is 143 Å². The van der Waals surface area contributed by atoms with E-state index < -0.39 is 45.4 Å². The highest BCUT2D eigenvalue weighted by Crippen LogP contribution is 2.41. The molecule has 0 radical (unpaired) electrons. The molecule has 0 bridgehead atoms. The monoisotopic (exact) mass is 374 g/mol. The molecule has 138 valence electrons. The van der Waals surface area contributed by atoms with Crippen LogP contribution in [0.2, 0.25) is 0 Å². The van der Waals surface area contributed by atoms with Gasteiger partial charge in [-0.1, -0.05) is 0 Å². The maximum Gasteiger partial charge on any atom is 0.195 e. The molecule has 2 unspecified atom stereocenters. The fourth-order valence-electron chi connectivity index (χ4n) is 2.81. The molecule has 3 heterocycles. The molecule has 0 spiro atoms. The molecule has 0 aliphatic carbocycles. The van der Waals surface area contributed by atoms with E-state index in [-0.39, 0.29) is 12.4 Å². The Bertz CT molecular complexity index is 746. The second-order valence-corrected chi connectivity index (χ2v) is 6.88. The van der Waals surface area contributed by atoms with Gasteiger partial charge < -0.3 is 44.9 Å². The molecule has 1 saturated heterocycles. The molecule has 2 aromatic rings. The average molecular weight is 374 g/mol. The lowest BCUT2D eigenvalue weighted by molar-refractivity contribution is -0.132. The Hall–Kier alpha value is -1.43. The minimum atomic E-state index is -2.06. The zero-order chi connectivity index (χ0) is 18.2. The number of aliphatic hydroxyl groups excluding tert-OH is 3. The van der Waals surface area contributed by atoms with Gasteiger partial charge in [0.25, 0.3) is 0 Å². The Morgan fingerprint density at radius 3 is 2.84 bits per heavy atom. The molecular formula is C13H19N4O7P. The molecule has 11 nitrogen and oxygen atoms in total. The van der Waals surface area contributed by atoms with Gasteiger partial charge in [0.2, 0.25) is 0 Å². The molecule has 5 atom stereocenters. The maximum absolute atomic E-state index is 10.7. The van der Waals surface area contributed by atoms with Crippen molar-refractivity contribution in [2.75, 3.05) is 25.3 Å². The number of fused-ring (bicyclic) bond motifs is 1. The van der Waals surface area contributed by atoms with Gasteiger partial charge in [-0.15, -0.1) is 0 Å². The quantitative estimate of drug-likeness (QED) is 0.318. The Balaban J connectivity index is 1.92. The Kier molecular flexibility index (Phi) is 5.19. The summed E-state index contributed by atoms with van der Waals surface area (Å²) >= 11 is 0. The summed E-state index contributed by atoms with van der Waals surface area (Å²) in [4.78, 5) is 17.3. The first kappa shape index (κ1) is 18.4. The molecule has 2 aromatic heterocycles. The van der Waals surface area contributed by atoms with Crippen LogP contribution in [0.1, 0.15) is 6.23 Å². The summed E-state index contributed by atoms with van der Waals surface area (Å²) < 4.78 is 12.1. The maximum atomic E-state index is 10.7. The lowest BCUT2D eigenvalue weighted by Crippen LogP contribution is -2.50. The van der Waals surface area contributed by atoms with Crippen LogP contribution in [-0.4, -0.2) is 77.2 Å². The van der Waals surface area contributed by atoms with Crippen LogP contribution >= 0.6 is 8.38 Å². The number of hydrogen-bond acceptors (Lipinski definition) is 10. The van der Waals surface area contributed by atoms with Crippen LogP contribution in [0.25, 0.3) is 11.0 Å². The molecule has 25 heavy (non-hydrogen) atoms. The van der Waals surface area contributed by atoms with Crippen LogP contribution in [0, 0.1) is 0 Å². The van der Waals surface area contributed by atoms with Crippen molar-refractivity contribution < 1.29 is 34.6 Å². The smallest absolute Gasteiger partial charge is 0.195 e. The lowest BCUT2D eigenvalue weighted by Gasteiger charge is -2.29. The summed E-state index contributed by atoms with van der Waals surface area (Å²) in [6.45, 7) is -1.07. The third-order valence-electron chi connectivity index (χ3n) is 4.15. The Morgan fingerprint density at radius 2 is 2.16 bits per heavy atom. The van der Waals surface area contributed by atoms with E-state index in [9.17, 15) is 20.2 Å². The molecule has 1 aliphatic rings. The summed E-state index contributed by atoms with van der Waals surface area (Å²) in [5, 5.41) is 40.1. The average Bonchev–Trinajstić information content (AvgIpc) is 3.14. The predicted octanol–water partition coefficient (Wildman–Crippen LogP) is -1.73. The van der Waals surface area contributed by atoms with Gasteiger partial charge in [0.15, 0.2) is 20.2 Å². The van der Waals surface area contributed by atoms with Crippen molar-refractivity contribution in [1.29, 1.82) is 0 Å². The second kappa shape index (κ2) is 7.06. The van der Waals surface area contributed by atoms with Gasteiger partial charge in [-0.2, -0.15) is 0 Å². The van der Waals surface area contributed by atoms with Crippen LogP contribution in [0.15, 0.2) is 18.6 Å². The van der Waals surface area contributed by atoms with E-state index in [2.05, 4.69) is 9.97 Å². The van der Waals surface area contributed by atoms with Gasteiger partial charge in [-0.25, -0.2) is 9.97 Å². The van der Waals surface area contributed by atoms with Crippen molar-refractivity contribution in [3.05, 3.63) is 18.6 Å². The van der Waals surface area contributed by atoms with Crippen LogP contribution in [-0.2, 0) is 9.26 Å². The van der Waals surface area contributed by atoms with E-state index in [0.717, 1.165) is 0 Å². The van der Waals surface area contributed by atoms with Crippen LogP contribution < -0.4 is 5.73 Å². The van der Waals surface area contributed by atoms with Crippen molar-refractivity contribution in [2.45, 2.75) is 24.0 Å². The number of aromatic nitrogens is 3. The SMILES string of the molecule is Nc1ncnc2c1ccn2[C@@H]1O[C@H](COP(O)CO)C(O)[C@]1(O)CO. The fraction of sp³-hybridized carbons (Fsp3) is 0.538. The summed E-state index contributed by atoms with van der Waals surface area (Å²) in [6, 6.07) is 1.63. The number of hydrogen-bond donors (Lipinski definition) is 6. The van der Waals surface area contributed by atoms with Crippen molar-refractivity contribution >= 4 is 25.2 Å². The minimum Gasteiger partial charge on any atom is -0.393 e. The molecule has 0 saturated carbocycles. The third kappa shape index (κ3) is 3.09. The van der Waals surface area contributed by atoms with E-state index in [1.54, 1.807) is 12.3 Å². The molecule has 1 aliphatic heterocycles. The van der Waals surface area contributed by atoms with Crippen LogP contribution in [0.3, 0.4) is 0 Å². The molecule has 7 N–H and O–H groups in total. The van der Waals surface area contributed by atoms with E-state index >= 15 is 0 Å². The number of nitrogens with zero attached hydrogens (tertiary/aromatic N) is 3. The van der Waals surface area contributed by atoms with Crippen molar-refractivity contribution in [2.24, 2.45) is 0 Å². The van der Waals surface area contributed by atoms with Crippen LogP contribution in [0.4, 0.5) is 5.82 Å². The topological polar surface area (TPSA) is 176 Å². The number of rotatable bonds is 6. The van der Waals surface area contributed by atoms with E-state index in [1.807, 2.05) is 0 Å². The van der Waals surface area contributed by atoms with Gasteiger partial charge in [0, 0.05) is 6.20 Å². The fourth-order valence-corrected chi connectivity index (χ4v) is 3.21. The summed E-state index contributed by atoms with van der Waals surface area (Å²) in [5.41, 5.74) is 4.11. The minimum absolute atomic E-state index is 0.239. The normalized spacial score (nSPS) is 30.8. The van der Waals surface area contributed by atoms with Crippen molar-refractivity contribution in [3.8, 4) is 0 Å². The van der Waals surface area contributed by atoms with E-state index in [0.29, 0.717) is 11.0 Å². The lowest BCUT2D eigenvalue weighted by atomic mass is 9.95. The zero-order valence-electron chi connectivity index (χ0n) is 13.0.